The van der Waals surface area contributed by atoms with Crippen molar-refractivity contribution in [1.29, 1.82) is 0 Å². The van der Waals surface area contributed by atoms with Gasteiger partial charge >= 0.3 is 0 Å². The molecule has 35 heavy (non-hydrogen) atoms. The number of fused-ring (bicyclic) bond motifs is 1. The van der Waals surface area contributed by atoms with Crippen molar-refractivity contribution in [1.82, 2.24) is 0 Å². The van der Waals surface area contributed by atoms with E-state index in [4.69, 9.17) is 4.74 Å². The van der Waals surface area contributed by atoms with E-state index in [-0.39, 0.29) is 29.8 Å². The minimum atomic E-state index is -0.169. The molecule has 0 saturated carbocycles. The van der Waals surface area contributed by atoms with Crippen LogP contribution in [0, 0.1) is 19.8 Å². The van der Waals surface area contributed by atoms with Crippen LogP contribution in [0.1, 0.15) is 60.3 Å². The van der Waals surface area contributed by atoms with Crippen LogP contribution in [0.15, 0.2) is 66.7 Å². The number of aryl methyl sites for hydroxylation is 2. The van der Waals surface area contributed by atoms with Gasteiger partial charge in [0, 0.05) is 28.9 Å². The van der Waals surface area contributed by atoms with E-state index in [1.54, 1.807) is 31.4 Å². The molecule has 0 aromatic heterocycles. The topological polar surface area (TPSA) is 49.9 Å². The molecule has 182 valence electrons. The van der Waals surface area contributed by atoms with Crippen molar-refractivity contribution in [2.45, 2.75) is 53.1 Å². The zero-order valence-corrected chi connectivity index (χ0v) is 21.4. The summed E-state index contributed by atoms with van der Waals surface area (Å²) in [5.41, 5.74) is 5.59. The summed E-state index contributed by atoms with van der Waals surface area (Å²) >= 11 is 0. The fourth-order valence-electron chi connectivity index (χ4n) is 4.82. The molecule has 1 aliphatic heterocycles. The highest BCUT2D eigenvalue weighted by Crippen LogP contribution is 2.43. The molecule has 1 aliphatic rings. The summed E-state index contributed by atoms with van der Waals surface area (Å²) in [7, 11) is 1.61. The Bertz CT molecular complexity index is 1220. The summed E-state index contributed by atoms with van der Waals surface area (Å²) in [6, 6.07) is 21.2. The molecule has 5 heteroatoms. The third-order valence-electron chi connectivity index (χ3n) is 6.72. The number of hydrogen-bond acceptors (Lipinski definition) is 3. The maximum Gasteiger partial charge on any atom is 0.258 e. The molecular formula is C30H34N2O3. The zero-order chi connectivity index (χ0) is 25.3. The quantitative estimate of drug-likeness (QED) is 0.429. The van der Waals surface area contributed by atoms with E-state index in [0.29, 0.717) is 17.7 Å². The smallest absolute Gasteiger partial charge is 0.258 e. The van der Waals surface area contributed by atoms with E-state index < -0.39 is 0 Å². The number of amides is 2. The summed E-state index contributed by atoms with van der Waals surface area (Å²) in [5.74, 6) is 0.582. The molecule has 0 saturated heterocycles. The lowest BCUT2D eigenvalue weighted by Crippen LogP contribution is -2.48. The van der Waals surface area contributed by atoms with Crippen LogP contribution in [-0.4, -0.2) is 25.0 Å². The summed E-state index contributed by atoms with van der Waals surface area (Å²) in [6.07, 6.45) is 0.644. The number of carbonyl (C=O) groups is 2. The van der Waals surface area contributed by atoms with Crippen LogP contribution < -0.4 is 14.5 Å². The van der Waals surface area contributed by atoms with E-state index in [9.17, 15) is 9.59 Å². The van der Waals surface area contributed by atoms with E-state index in [2.05, 4.69) is 13.0 Å². The summed E-state index contributed by atoms with van der Waals surface area (Å²) in [5, 5.41) is 0. The molecule has 0 radical (unpaired) electrons. The first-order chi connectivity index (χ1) is 16.7. The highest BCUT2D eigenvalue weighted by atomic mass is 16.5. The first-order valence-corrected chi connectivity index (χ1v) is 12.2. The van der Waals surface area contributed by atoms with Gasteiger partial charge in [-0.15, -0.1) is 0 Å². The lowest BCUT2D eigenvalue weighted by atomic mass is 9.88. The molecule has 0 N–H and O–H groups in total. The van der Waals surface area contributed by atoms with Gasteiger partial charge in [-0.3, -0.25) is 9.59 Å². The highest BCUT2D eigenvalue weighted by Gasteiger charge is 2.39. The Kier molecular flexibility index (Phi) is 6.97. The van der Waals surface area contributed by atoms with Crippen LogP contribution in [0.3, 0.4) is 0 Å². The molecule has 2 amide bonds. The number of methoxy groups -OCH3 is 1. The van der Waals surface area contributed by atoms with Crippen molar-refractivity contribution in [2.75, 3.05) is 16.9 Å². The average Bonchev–Trinajstić information content (AvgIpc) is 2.85. The molecule has 4 rings (SSSR count). The number of carbonyl (C=O) groups excluding carboxylic acids is 2. The monoisotopic (exact) mass is 470 g/mol. The van der Waals surface area contributed by atoms with Crippen LogP contribution in [0.4, 0.5) is 11.4 Å². The third-order valence-corrected chi connectivity index (χ3v) is 6.72. The van der Waals surface area contributed by atoms with Gasteiger partial charge in [-0.25, -0.2) is 0 Å². The van der Waals surface area contributed by atoms with Crippen molar-refractivity contribution in [2.24, 2.45) is 5.92 Å². The van der Waals surface area contributed by atoms with E-state index >= 15 is 0 Å². The van der Waals surface area contributed by atoms with Gasteiger partial charge in [-0.05, 0) is 75.2 Å². The predicted octanol–water partition coefficient (Wildman–Crippen LogP) is 6.48. The molecule has 0 bridgehead atoms. The van der Waals surface area contributed by atoms with Gasteiger partial charge in [-0.2, -0.15) is 0 Å². The van der Waals surface area contributed by atoms with Crippen molar-refractivity contribution < 1.29 is 14.3 Å². The van der Waals surface area contributed by atoms with Crippen LogP contribution in [0.25, 0.3) is 0 Å². The molecule has 3 aromatic carbocycles. The Morgan fingerprint density at radius 2 is 1.57 bits per heavy atom. The number of rotatable bonds is 5. The van der Waals surface area contributed by atoms with Gasteiger partial charge in [0.1, 0.15) is 5.75 Å². The highest BCUT2D eigenvalue weighted by molar-refractivity contribution is 6.07. The Morgan fingerprint density at radius 3 is 2.17 bits per heavy atom. The Balaban J connectivity index is 1.81. The molecule has 5 nitrogen and oxygen atoms in total. The molecule has 0 aliphatic carbocycles. The number of nitrogens with zero attached hydrogens (tertiary/aromatic N) is 2. The predicted molar refractivity (Wildman–Crippen MR) is 141 cm³/mol. The number of hydrogen-bond donors (Lipinski definition) is 0. The fraction of sp³-hybridized carbons (Fsp3) is 0.333. The third kappa shape index (κ3) is 4.81. The van der Waals surface area contributed by atoms with Gasteiger partial charge in [0.25, 0.3) is 5.91 Å². The zero-order valence-electron chi connectivity index (χ0n) is 21.4. The number of ether oxygens (including phenoxy) is 1. The standard InChI is InChI=1S/C30H34N2O3/c1-19(2)29(33)32(24-12-7-20(3)8-13-24)28-18-22(5)31(27-16-9-21(4)17-26(27)28)30(34)23-10-14-25(35-6)15-11-23/h7-17,19,22,28H,18H2,1-6H3/t22-,28+/m1/s1. The molecule has 1 heterocycles. The van der Waals surface area contributed by atoms with Gasteiger partial charge in [-0.1, -0.05) is 49.2 Å². The lowest BCUT2D eigenvalue weighted by molar-refractivity contribution is -0.122. The van der Waals surface area contributed by atoms with Crippen LogP contribution >= 0.6 is 0 Å². The molecule has 3 aromatic rings. The second-order valence-corrected chi connectivity index (χ2v) is 9.76. The fourth-order valence-corrected chi connectivity index (χ4v) is 4.82. The van der Waals surface area contributed by atoms with Crippen LogP contribution in [0.5, 0.6) is 5.75 Å². The summed E-state index contributed by atoms with van der Waals surface area (Å²) in [6.45, 7) is 10.0. The van der Waals surface area contributed by atoms with E-state index in [1.807, 2.05) is 73.9 Å². The maximum absolute atomic E-state index is 13.7. The average molecular weight is 471 g/mol. The maximum atomic E-state index is 13.7. The van der Waals surface area contributed by atoms with Crippen molar-refractivity contribution in [3.8, 4) is 5.75 Å². The minimum Gasteiger partial charge on any atom is -0.497 e. The largest absolute Gasteiger partial charge is 0.497 e. The van der Waals surface area contributed by atoms with Crippen molar-refractivity contribution in [3.05, 3.63) is 89.0 Å². The first-order valence-electron chi connectivity index (χ1n) is 12.2. The van der Waals surface area contributed by atoms with Crippen molar-refractivity contribution >= 4 is 23.2 Å². The molecule has 0 unspecified atom stereocenters. The van der Waals surface area contributed by atoms with Crippen LogP contribution in [-0.2, 0) is 4.79 Å². The van der Waals surface area contributed by atoms with Crippen molar-refractivity contribution in [3.63, 3.8) is 0 Å². The molecular weight excluding hydrogens is 436 g/mol. The minimum absolute atomic E-state index is 0.0548. The molecule has 2 atom stereocenters. The van der Waals surface area contributed by atoms with Gasteiger partial charge in [0.2, 0.25) is 5.91 Å². The van der Waals surface area contributed by atoms with E-state index in [0.717, 1.165) is 28.1 Å². The molecule has 0 spiro atoms. The van der Waals surface area contributed by atoms with Crippen LogP contribution in [0.2, 0.25) is 0 Å². The first kappa shape index (κ1) is 24.5. The Hall–Kier alpha value is -3.60. The van der Waals surface area contributed by atoms with Gasteiger partial charge in [0.05, 0.1) is 13.2 Å². The lowest BCUT2D eigenvalue weighted by Gasteiger charge is -2.44. The van der Waals surface area contributed by atoms with Gasteiger partial charge in [0.15, 0.2) is 0 Å². The second-order valence-electron chi connectivity index (χ2n) is 9.76. The Labute approximate surface area is 208 Å². The summed E-state index contributed by atoms with van der Waals surface area (Å²) in [4.78, 5) is 31.1. The molecule has 0 fully saturated rings. The Morgan fingerprint density at radius 1 is 0.943 bits per heavy atom. The number of benzene rings is 3. The van der Waals surface area contributed by atoms with Gasteiger partial charge < -0.3 is 14.5 Å². The second kappa shape index (κ2) is 9.95. The SMILES string of the molecule is COc1ccc(C(=O)N2c3ccc(C)cc3[C@@H](N(C(=O)C(C)C)c3ccc(C)cc3)C[C@H]2C)cc1. The summed E-state index contributed by atoms with van der Waals surface area (Å²) < 4.78 is 5.25. The number of anilines is 2. The normalized spacial score (nSPS) is 17.2. The van der Waals surface area contributed by atoms with E-state index in [1.165, 1.54) is 0 Å².